The fourth-order valence-electron chi connectivity index (χ4n) is 1.99. The summed E-state index contributed by atoms with van der Waals surface area (Å²) >= 11 is 0. The first kappa shape index (κ1) is 10.3. The highest BCUT2D eigenvalue weighted by molar-refractivity contribution is 5.67. The van der Waals surface area contributed by atoms with Gasteiger partial charge in [-0.2, -0.15) is 0 Å². The molecule has 0 aromatic heterocycles. The van der Waals surface area contributed by atoms with Crippen LogP contribution in [0.1, 0.15) is 27.2 Å². The van der Waals surface area contributed by atoms with Crippen LogP contribution < -0.4 is 0 Å². The van der Waals surface area contributed by atoms with Gasteiger partial charge in [-0.25, -0.2) is 0 Å². The van der Waals surface area contributed by atoms with Gasteiger partial charge in [-0.3, -0.25) is 4.79 Å². The van der Waals surface area contributed by atoms with E-state index in [4.69, 9.17) is 5.11 Å². The summed E-state index contributed by atoms with van der Waals surface area (Å²) in [6.45, 7) is 6.54. The monoisotopic (exact) mass is 182 g/mol. The van der Waals surface area contributed by atoms with E-state index >= 15 is 0 Å². The van der Waals surface area contributed by atoms with Crippen LogP contribution in [-0.4, -0.2) is 11.1 Å². The van der Waals surface area contributed by atoms with E-state index in [1.54, 1.807) is 0 Å². The Labute approximate surface area is 79.6 Å². The SMILES string of the molecule is CC1C=CC(CC(=O)O)C(C)C1C. The molecule has 0 saturated carbocycles. The van der Waals surface area contributed by atoms with Crippen LogP contribution in [0.25, 0.3) is 0 Å². The summed E-state index contributed by atoms with van der Waals surface area (Å²) in [5.41, 5.74) is 0. The molecular weight excluding hydrogens is 164 g/mol. The lowest BCUT2D eigenvalue weighted by Gasteiger charge is -2.33. The van der Waals surface area contributed by atoms with E-state index < -0.39 is 5.97 Å². The van der Waals surface area contributed by atoms with E-state index in [0.29, 0.717) is 17.8 Å². The Morgan fingerprint density at radius 3 is 2.38 bits per heavy atom. The van der Waals surface area contributed by atoms with E-state index in [1.807, 2.05) is 0 Å². The third kappa shape index (κ3) is 2.33. The van der Waals surface area contributed by atoms with Crippen molar-refractivity contribution in [2.24, 2.45) is 23.7 Å². The minimum Gasteiger partial charge on any atom is -0.481 e. The van der Waals surface area contributed by atoms with Gasteiger partial charge in [-0.1, -0.05) is 32.9 Å². The summed E-state index contributed by atoms with van der Waals surface area (Å²) in [6.07, 6.45) is 4.50. The van der Waals surface area contributed by atoms with Crippen molar-refractivity contribution < 1.29 is 9.90 Å². The predicted molar refractivity (Wildman–Crippen MR) is 52.4 cm³/mol. The topological polar surface area (TPSA) is 37.3 Å². The number of aliphatic carboxylic acids is 1. The first-order valence-electron chi connectivity index (χ1n) is 4.92. The lowest BCUT2D eigenvalue weighted by atomic mass is 9.72. The normalized spacial score (nSPS) is 39.0. The van der Waals surface area contributed by atoms with Crippen molar-refractivity contribution in [1.29, 1.82) is 0 Å². The predicted octanol–water partition coefficient (Wildman–Crippen LogP) is 2.56. The third-order valence-corrected chi connectivity index (χ3v) is 3.41. The minimum atomic E-state index is -0.691. The van der Waals surface area contributed by atoms with Crippen LogP contribution in [0.2, 0.25) is 0 Å². The second-order valence-electron chi connectivity index (χ2n) is 4.22. The smallest absolute Gasteiger partial charge is 0.303 e. The maximum atomic E-state index is 10.6. The van der Waals surface area contributed by atoms with Gasteiger partial charge in [0.1, 0.15) is 0 Å². The Hall–Kier alpha value is -0.790. The average molecular weight is 182 g/mol. The van der Waals surface area contributed by atoms with E-state index in [9.17, 15) is 4.79 Å². The summed E-state index contributed by atoms with van der Waals surface area (Å²) in [4.78, 5) is 10.6. The molecule has 0 saturated heterocycles. The molecule has 0 aliphatic heterocycles. The minimum absolute atomic E-state index is 0.226. The summed E-state index contributed by atoms with van der Waals surface area (Å²) in [5, 5.41) is 8.70. The zero-order valence-electron chi connectivity index (χ0n) is 8.53. The van der Waals surface area contributed by atoms with Gasteiger partial charge in [0.15, 0.2) is 0 Å². The van der Waals surface area contributed by atoms with Gasteiger partial charge in [0, 0.05) is 0 Å². The quantitative estimate of drug-likeness (QED) is 0.666. The van der Waals surface area contributed by atoms with Gasteiger partial charge in [0.05, 0.1) is 6.42 Å². The van der Waals surface area contributed by atoms with Crippen LogP contribution in [0.15, 0.2) is 12.2 Å². The molecule has 0 heterocycles. The van der Waals surface area contributed by atoms with Gasteiger partial charge in [0.2, 0.25) is 0 Å². The molecule has 1 N–H and O–H groups in total. The van der Waals surface area contributed by atoms with Crippen molar-refractivity contribution in [3.63, 3.8) is 0 Å². The summed E-state index contributed by atoms with van der Waals surface area (Å²) in [5.74, 6) is 1.19. The van der Waals surface area contributed by atoms with Gasteiger partial charge < -0.3 is 5.11 Å². The third-order valence-electron chi connectivity index (χ3n) is 3.41. The molecule has 4 atom stereocenters. The van der Waals surface area contributed by atoms with Crippen molar-refractivity contribution in [2.45, 2.75) is 27.2 Å². The Balaban J connectivity index is 2.66. The molecule has 13 heavy (non-hydrogen) atoms. The fourth-order valence-corrected chi connectivity index (χ4v) is 1.99. The molecule has 0 aromatic carbocycles. The Bertz CT molecular complexity index is 220. The number of rotatable bonds is 2. The van der Waals surface area contributed by atoms with Gasteiger partial charge in [0.25, 0.3) is 0 Å². The highest BCUT2D eigenvalue weighted by atomic mass is 16.4. The second-order valence-corrected chi connectivity index (χ2v) is 4.22. The maximum absolute atomic E-state index is 10.6. The van der Waals surface area contributed by atoms with Gasteiger partial charge in [-0.15, -0.1) is 0 Å². The zero-order chi connectivity index (χ0) is 10.0. The van der Waals surface area contributed by atoms with Gasteiger partial charge >= 0.3 is 5.97 Å². The van der Waals surface area contributed by atoms with Crippen LogP contribution in [0.5, 0.6) is 0 Å². The van der Waals surface area contributed by atoms with Crippen molar-refractivity contribution in [3.8, 4) is 0 Å². The Morgan fingerprint density at radius 1 is 1.23 bits per heavy atom. The Morgan fingerprint density at radius 2 is 1.85 bits per heavy atom. The number of carboxylic acid groups (broad SMARTS) is 1. The van der Waals surface area contributed by atoms with Crippen molar-refractivity contribution in [2.75, 3.05) is 0 Å². The van der Waals surface area contributed by atoms with Gasteiger partial charge in [-0.05, 0) is 23.7 Å². The van der Waals surface area contributed by atoms with Crippen LogP contribution in [0.3, 0.4) is 0 Å². The molecule has 2 heteroatoms. The number of allylic oxidation sites excluding steroid dienone is 2. The molecule has 1 aliphatic carbocycles. The molecule has 0 spiro atoms. The maximum Gasteiger partial charge on any atom is 0.303 e. The van der Waals surface area contributed by atoms with Crippen LogP contribution in [0.4, 0.5) is 0 Å². The molecule has 0 amide bonds. The summed E-state index contributed by atoms with van der Waals surface area (Å²) in [7, 11) is 0. The number of carboxylic acids is 1. The first-order valence-corrected chi connectivity index (χ1v) is 4.92. The van der Waals surface area contributed by atoms with Crippen LogP contribution in [0, 0.1) is 23.7 Å². The number of hydrogen-bond donors (Lipinski definition) is 1. The molecule has 1 aliphatic rings. The van der Waals surface area contributed by atoms with E-state index in [0.717, 1.165) is 0 Å². The summed E-state index contributed by atoms with van der Waals surface area (Å²) in [6, 6.07) is 0. The molecular formula is C11H18O2. The molecule has 0 aromatic rings. The lowest BCUT2D eigenvalue weighted by molar-refractivity contribution is -0.138. The standard InChI is InChI=1S/C11H18O2/c1-7-4-5-10(6-11(12)13)9(3)8(7)2/h4-5,7-10H,6H2,1-3H3,(H,12,13). The molecule has 4 unspecified atom stereocenters. The fraction of sp³-hybridized carbons (Fsp3) is 0.727. The molecule has 74 valence electrons. The average Bonchev–Trinajstić information content (AvgIpc) is 2.06. The highest BCUT2D eigenvalue weighted by Gasteiger charge is 2.28. The van der Waals surface area contributed by atoms with E-state index in [1.165, 1.54) is 0 Å². The molecule has 0 bridgehead atoms. The zero-order valence-corrected chi connectivity index (χ0v) is 8.53. The molecule has 2 nitrogen and oxygen atoms in total. The van der Waals surface area contributed by atoms with Crippen molar-refractivity contribution >= 4 is 5.97 Å². The molecule has 0 fully saturated rings. The van der Waals surface area contributed by atoms with E-state index in [2.05, 4.69) is 32.9 Å². The number of carbonyl (C=O) groups is 1. The van der Waals surface area contributed by atoms with Crippen molar-refractivity contribution in [1.82, 2.24) is 0 Å². The first-order chi connectivity index (χ1) is 6.02. The molecule has 1 rings (SSSR count). The second kappa shape index (κ2) is 3.95. The van der Waals surface area contributed by atoms with E-state index in [-0.39, 0.29) is 12.3 Å². The highest BCUT2D eigenvalue weighted by Crippen LogP contribution is 2.34. The van der Waals surface area contributed by atoms with Crippen LogP contribution >= 0.6 is 0 Å². The van der Waals surface area contributed by atoms with Crippen molar-refractivity contribution in [3.05, 3.63) is 12.2 Å². The molecule has 0 radical (unpaired) electrons. The van der Waals surface area contributed by atoms with Crippen LogP contribution in [-0.2, 0) is 4.79 Å². The largest absolute Gasteiger partial charge is 0.481 e. The Kier molecular flexibility index (Phi) is 3.12. The lowest BCUT2D eigenvalue weighted by Crippen LogP contribution is -2.27. The summed E-state index contributed by atoms with van der Waals surface area (Å²) < 4.78 is 0. The number of hydrogen-bond acceptors (Lipinski definition) is 1.